The number of para-hydroxylation sites is 1. The number of anilines is 1. The van der Waals surface area contributed by atoms with Crippen LogP contribution in [0, 0.1) is 12.7 Å². The van der Waals surface area contributed by atoms with E-state index in [2.05, 4.69) is 15.3 Å². The second-order valence-electron chi connectivity index (χ2n) is 4.91. The number of benzene rings is 1. The number of aromatic nitrogens is 2. The number of halogens is 1. The van der Waals surface area contributed by atoms with E-state index in [0.717, 1.165) is 22.5 Å². The Labute approximate surface area is 128 Å². The average molecular weight is 297 g/mol. The number of nitrogens with zero attached hydrogens (tertiary/aromatic N) is 2. The normalized spacial score (nSPS) is 10.6. The quantitative estimate of drug-likeness (QED) is 0.731. The highest BCUT2D eigenvalue weighted by Crippen LogP contribution is 2.24. The Morgan fingerprint density at radius 1 is 1.23 bits per heavy atom. The Kier molecular flexibility index (Phi) is 4.14. The van der Waals surface area contributed by atoms with Crippen LogP contribution in [0.4, 0.5) is 10.1 Å². The zero-order valence-electron chi connectivity index (χ0n) is 12.2. The molecule has 112 valence electrons. The molecule has 0 spiro atoms. The van der Waals surface area contributed by atoms with E-state index < -0.39 is 0 Å². The van der Waals surface area contributed by atoms with Crippen molar-refractivity contribution in [3.05, 3.63) is 60.3 Å². The third-order valence-corrected chi connectivity index (χ3v) is 3.24. The first-order valence-corrected chi connectivity index (χ1v) is 7.06. The Hall–Kier alpha value is -2.69. The lowest BCUT2D eigenvalue weighted by Gasteiger charge is -2.12. The molecule has 2 heterocycles. The summed E-state index contributed by atoms with van der Waals surface area (Å²) in [6.07, 6.45) is 3.37. The van der Waals surface area contributed by atoms with Gasteiger partial charge in [0.15, 0.2) is 0 Å². The lowest BCUT2D eigenvalue weighted by molar-refractivity contribution is 0.331. The molecule has 0 saturated carbocycles. The Bertz CT molecular complexity index is 777. The van der Waals surface area contributed by atoms with Gasteiger partial charge in [0.2, 0.25) is 0 Å². The van der Waals surface area contributed by atoms with Gasteiger partial charge in [0.25, 0.3) is 0 Å². The van der Waals surface area contributed by atoms with E-state index in [1.807, 2.05) is 31.2 Å². The molecule has 0 unspecified atom stereocenters. The van der Waals surface area contributed by atoms with E-state index in [0.29, 0.717) is 18.7 Å². The highest BCUT2D eigenvalue weighted by atomic mass is 19.1. The summed E-state index contributed by atoms with van der Waals surface area (Å²) in [7, 11) is 0. The maximum absolute atomic E-state index is 13.8. The van der Waals surface area contributed by atoms with Gasteiger partial charge in [-0.25, -0.2) is 9.37 Å². The van der Waals surface area contributed by atoms with Crippen LogP contribution in [0.15, 0.2) is 48.8 Å². The minimum Gasteiger partial charge on any atom is -0.490 e. The fourth-order valence-corrected chi connectivity index (χ4v) is 2.27. The molecule has 0 fully saturated rings. The second kappa shape index (κ2) is 6.39. The van der Waals surface area contributed by atoms with Gasteiger partial charge in [-0.05, 0) is 31.2 Å². The van der Waals surface area contributed by atoms with Crippen molar-refractivity contribution >= 4 is 16.6 Å². The van der Waals surface area contributed by atoms with Crippen LogP contribution in [0.25, 0.3) is 10.9 Å². The van der Waals surface area contributed by atoms with Crippen LogP contribution in [0.5, 0.6) is 5.75 Å². The number of fused-ring (bicyclic) bond motifs is 1. The SMILES string of the molecule is Cc1cc(NCCOc2cccnc2)c2cccc(F)c2n1. The summed E-state index contributed by atoms with van der Waals surface area (Å²) in [5, 5.41) is 4.04. The summed E-state index contributed by atoms with van der Waals surface area (Å²) in [5.74, 6) is 0.418. The predicted molar refractivity (Wildman–Crippen MR) is 84.7 cm³/mol. The molecule has 1 aromatic carbocycles. The number of nitrogens with one attached hydrogen (secondary N) is 1. The molecule has 4 nitrogen and oxygen atoms in total. The molecule has 0 atom stereocenters. The lowest BCUT2D eigenvalue weighted by atomic mass is 10.1. The van der Waals surface area contributed by atoms with Crippen molar-refractivity contribution in [1.82, 2.24) is 9.97 Å². The largest absolute Gasteiger partial charge is 0.490 e. The van der Waals surface area contributed by atoms with Gasteiger partial charge in [0, 0.05) is 29.5 Å². The molecule has 2 aromatic heterocycles. The summed E-state index contributed by atoms with van der Waals surface area (Å²) in [4.78, 5) is 8.25. The molecule has 3 aromatic rings. The van der Waals surface area contributed by atoms with E-state index in [1.54, 1.807) is 18.5 Å². The first-order valence-electron chi connectivity index (χ1n) is 7.06. The van der Waals surface area contributed by atoms with E-state index in [-0.39, 0.29) is 5.82 Å². The van der Waals surface area contributed by atoms with Gasteiger partial charge in [-0.15, -0.1) is 0 Å². The van der Waals surface area contributed by atoms with E-state index in [1.165, 1.54) is 6.07 Å². The molecule has 0 aliphatic rings. The van der Waals surface area contributed by atoms with Crippen molar-refractivity contribution in [3.63, 3.8) is 0 Å². The van der Waals surface area contributed by atoms with Gasteiger partial charge in [-0.2, -0.15) is 0 Å². The third kappa shape index (κ3) is 3.14. The van der Waals surface area contributed by atoms with Crippen LogP contribution in [-0.2, 0) is 0 Å². The number of hydrogen-bond donors (Lipinski definition) is 1. The summed E-state index contributed by atoms with van der Waals surface area (Å²) < 4.78 is 19.4. The summed E-state index contributed by atoms with van der Waals surface area (Å²) in [5.41, 5.74) is 2.02. The van der Waals surface area contributed by atoms with Gasteiger partial charge in [-0.3, -0.25) is 4.98 Å². The fourth-order valence-electron chi connectivity index (χ4n) is 2.27. The van der Waals surface area contributed by atoms with Crippen molar-refractivity contribution in [1.29, 1.82) is 0 Å². The monoisotopic (exact) mass is 297 g/mol. The van der Waals surface area contributed by atoms with Crippen molar-refractivity contribution in [3.8, 4) is 5.75 Å². The molecule has 3 rings (SSSR count). The summed E-state index contributed by atoms with van der Waals surface area (Å²) >= 11 is 0. The Morgan fingerprint density at radius 3 is 2.95 bits per heavy atom. The Morgan fingerprint density at radius 2 is 2.14 bits per heavy atom. The molecule has 0 aliphatic heterocycles. The van der Waals surface area contributed by atoms with Crippen LogP contribution >= 0.6 is 0 Å². The maximum Gasteiger partial charge on any atom is 0.149 e. The summed E-state index contributed by atoms with van der Waals surface area (Å²) in [6.45, 7) is 2.94. The fraction of sp³-hybridized carbons (Fsp3) is 0.176. The van der Waals surface area contributed by atoms with Gasteiger partial charge >= 0.3 is 0 Å². The van der Waals surface area contributed by atoms with Crippen LogP contribution < -0.4 is 10.1 Å². The van der Waals surface area contributed by atoms with Crippen molar-refractivity contribution in [2.75, 3.05) is 18.5 Å². The van der Waals surface area contributed by atoms with Crippen LogP contribution in [-0.4, -0.2) is 23.1 Å². The Balaban J connectivity index is 1.70. The molecule has 22 heavy (non-hydrogen) atoms. The average Bonchev–Trinajstić information content (AvgIpc) is 2.53. The van der Waals surface area contributed by atoms with Crippen LogP contribution in [0.3, 0.4) is 0 Å². The molecule has 0 radical (unpaired) electrons. The smallest absolute Gasteiger partial charge is 0.149 e. The molecule has 0 aliphatic carbocycles. The first-order chi connectivity index (χ1) is 10.7. The minimum atomic E-state index is -0.309. The number of aryl methyl sites for hydroxylation is 1. The zero-order chi connectivity index (χ0) is 15.4. The van der Waals surface area contributed by atoms with Gasteiger partial charge in [-0.1, -0.05) is 12.1 Å². The number of ether oxygens (including phenoxy) is 1. The van der Waals surface area contributed by atoms with Gasteiger partial charge in [0.1, 0.15) is 23.7 Å². The highest BCUT2D eigenvalue weighted by Gasteiger charge is 2.07. The molecular weight excluding hydrogens is 281 g/mol. The molecular formula is C17H16FN3O. The zero-order valence-corrected chi connectivity index (χ0v) is 12.2. The standard InChI is InChI=1S/C17H16FN3O/c1-12-10-16(14-5-2-6-15(18)17(14)21-12)20-8-9-22-13-4-3-7-19-11-13/h2-7,10-11H,8-9H2,1H3,(H,20,21). The van der Waals surface area contributed by atoms with Gasteiger partial charge in [0.05, 0.1) is 6.20 Å². The minimum absolute atomic E-state index is 0.309. The lowest BCUT2D eigenvalue weighted by Crippen LogP contribution is -2.12. The van der Waals surface area contributed by atoms with Crippen LogP contribution in [0.1, 0.15) is 5.69 Å². The van der Waals surface area contributed by atoms with Crippen LogP contribution in [0.2, 0.25) is 0 Å². The number of hydrogen-bond acceptors (Lipinski definition) is 4. The van der Waals surface area contributed by atoms with E-state index >= 15 is 0 Å². The molecule has 5 heteroatoms. The topological polar surface area (TPSA) is 47.0 Å². The van der Waals surface area contributed by atoms with Crippen molar-refractivity contribution in [2.24, 2.45) is 0 Å². The van der Waals surface area contributed by atoms with Crippen molar-refractivity contribution in [2.45, 2.75) is 6.92 Å². The molecule has 1 N–H and O–H groups in total. The predicted octanol–water partition coefficient (Wildman–Crippen LogP) is 3.57. The first kappa shape index (κ1) is 14.3. The van der Waals surface area contributed by atoms with E-state index in [9.17, 15) is 4.39 Å². The summed E-state index contributed by atoms with van der Waals surface area (Å²) in [6, 6.07) is 10.6. The molecule has 0 bridgehead atoms. The van der Waals surface area contributed by atoms with E-state index in [4.69, 9.17) is 4.74 Å². The number of pyridine rings is 2. The third-order valence-electron chi connectivity index (χ3n) is 3.24. The number of rotatable bonds is 5. The molecule has 0 amide bonds. The maximum atomic E-state index is 13.8. The second-order valence-corrected chi connectivity index (χ2v) is 4.91. The molecule has 0 saturated heterocycles. The van der Waals surface area contributed by atoms with Crippen molar-refractivity contribution < 1.29 is 9.13 Å². The van der Waals surface area contributed by atoms with Gasteiger partial charge < -0.3 is 10.1 Å². The highest BCUT2D eigenvalue weighted by molar-refractivity contribution is 5.91.